The summed E-state index contributed by atoms with van der Waals surface area (Å²) in [6.45, 7) is 12.4. The van der Waals surface area contributed by atoms with Crippen LogP contribution in [0.2, 0.25) is 0 Å². The van der Waals surface area contributed by atoms with E-state index in [4.69, 9.17) is 4.74 Å². The van der Waals surface area contributed by atoms with Crippen molar-refractivity contribution in [2.45, 2.75) is 59.4 Å². The summed E-state index contributed by atoms with van der Waals surface area (Å²) in [4.78, 5) is 31.9. The van der Waals surface area contributed by atoms with Crippen molar-refractivity contribution < 1.29 is 9.53 Å². The second kappa shape index (κ2) is 10.2. The minimum absolute atomic E-state index is 0.158. The van der Waals surface area contributed by atoms with Crippen molar-refractivity contribution in [3.63, 3.8) is 0 Å². The minimum Gasteiger partial charge on any atom is -0.463 e. The van der Waals surface area contributed by atoms with Gasteiger partial charge in [0.05, 0.1) is 28.5 Å². The molecule has 0 unspecified atom stereocenters. The maximum Gasteiger partial charge on any atom is 0.338 e. The van der Waals surface area contributed by atoms with Crippen LogP contribution >= 0.6 is 11.3 Å². The highest BCUT2D eigenvalue weighted by Gasteiger charge is 2.33. The summed E-state index contributed by atoms with van der Waals surface area (Å²) >= 11 is 1.35. The fourth-order valence-corrected chi connectivity index (χ4v) is 5.35. The number of nitrogens with zero attached hydrogens (tertiary/aromatic N) is 2. The third kappa shape index (κ3) is 4.94. The van der Waals surface area contributed by atoms with Gasteiger partial charge >= 0.3 is 5.97 Å². The Labute approximate surface area is 210 Å². The van der Waals surface area contributed by atoms with E-state index in [1.165, 1.54) is 22.5 Å². The van der Waals surface area contributed by atoms with Gasteiger partial charge in [0.15, 0.2) is 4.80 Å². The number of carbonyl (C=O) groups is 1. The van der Waals surface area contributed by atoms with Gasteiger partial charge in [-0.2, -0.15) is 0 Å². The van der Waals surface area contributed by atoms with Gasteiger partial charge in [-0.3, -0.25) is 9.36 Å². The number of hydrogen-bond acceptors (Lipinski definition) is 5. The molecule has 0 saturated heterocycles. The lowest BCUT2D eigenvalue weighted by Gasteiger charge is -2.25. The molecule has 6 heteroatoms. The van der Waals surface area contributed by atoms with Crippen molar-refractivity contribution >= 4 is 23.4 Å². The topological polar surface area (TPSA) is 60.7 Å². The van der Waals surface area contributed by atoms with Crippen molar-refractivity contribution in [1.29, 1.82) is 0 Å². The Bertz CT molecular complexity index is 1440. The van der Waals surface area contributed by atoms with Gasteiger partial charge in [0.25, 0.3) is 5.56 Å². The third-order valence-corrected chi connectivity index (χ3v) is 7.32. The van der Waals surface area contributed by atoms with E-state index in [0.717, 1.165) is 11.1 Å². The fraction of sp³-hybridized carbons (Fsp3) is 0.345. The van der Waals surface area contributed by atoms with Gasteiger partial charge in [-0.15, -0.1) is 0 Å². The molecular weight excluding hydrogens is 456 g/mol. The number of allylic oxidation sites excluding steroid dienone is 1. The SMILES string of the molecule is CCOC(=O)C1=C(C)N=c2s/c(=C\c3ccc(C(C)C)cc3)c(=O)n2[C@H]1c1ccc(C(C)C)cc1. The molecule has 3 aromatic rings. The zero-order valence-corrected chi connectivity index (χ0v) is 22.0. The van der Waals surface area contributed by atoms with E-state index >= 15 is 0 Å². The smallest absolute Gasteiger partial charge is 0.338 e. The molecule has 1 aliphatic heterocycles. The molecule has 0 fully saturated rings. The van der Waals surface area contributed by atoms with Crippen molar-refractivity contribution in [3.8, 4) is 0 Å². The van der Waals surface area contributed by atoms with Gasteiger partial charge in [0, 0.05) is 0 Å². The number of aromatic nitrogens is 1. The van der Waals surface area contributed by atoms with Gasteiger partial charge in [0.2, 0.25) is 0 Å². The molecule has 0 aliphatic carbocycles. The highest BCUT2D eigenvalue weighted by molar-refractivity contribution is 7.07. The monoisotopic (exact) mass is 488 g/mol. The molecule has 0 N–H and O–H groups in total. The molecule has 0 radical (unpaired) electrons. The molecule has 0 spiro atoms. The molecule has 1 aromatic heterocycles. The van der Waals surface area contributed by atoms with Gasteiger partial charge in [-0.05, 0) is 54.0 Å². The van der Waals surface area contributed by atoms with Crippen LogP contribution in [0.15, 0.2) is 69.6 Å². The molecule has 0 bridgehead atoms. The Kier molecular flexibility index (Phi) is 7.22. The molecule has 5 nitrogen and oxygen atoms in total. The normalized spacial score (nSPS) is 16.0. The molecule has 0 amide bonds. The van der Waals surface area contributed by atoms with Crippen LogP contribution < -0.4 is 14.9 Å². The van der Waals surface area contributed by atoms with Crippen LogP contribution in [0.1, 0.15) is 81.7 Å². The molecule has 0 saturated carbocycles. The van der Waals surface area contributed by atoms with E-state index < -0.39 is 12.0 Å². The number of esters is 1. The predicted octanol–water partition coefficient (Wildman–Crippen LogP) is 5.05. The molecule has 2 aromatic carbocycles. The zero-order chi connectivity index (χ0) is 25.3. The van der Waals surface area contributed by atoms with Crippen LogP contribution in [0, 0.1) is 0 Å². The highest BCUT2D eigenvalue weighted by atomic mass is 32.1. The van der Waals surface area contributed by atoms with E-state index in [1.54, 1.807) is 11.5 Å². The number of thiazole rings is 1. The third-order valence-electron chi connectivity index (χ3n) is 6.34. The lowest BCUT2D eigenvalue weighted by atomic mass is 9.93. The molecule has 4 rings (SSSR count). The first-order valence-electron chi connectivity index (χ1n) is 12.1. The van der Waals surface area contributed by atoms with E-state index in [0.29, 0.717) is 32.4 Å². The van der Waals surface area contributed by atoms with Gasteiger partial charge in [0.1, 0.15) is 0 Å². The number of rotatable bonds is 6. The predicted molar refractivity (Wildman–Crippen MR) is 141 cm³/mol. The summed E-state index contributed by atoms with van der Waals surface area (Å²) in [5.74, 6) is 0.390. The molecule has 182 valence electrons. The van der Waals surface area contributed by atoms with E-state index in [1.807, 2.05) is 37.3 Å². The Balaban J connectivity index is 1.88. The number of carbonyl (C=O) groups excluding carboxylic acids is 1. The van der Waals surface area contributed by atoms with Crippen molar-refractivity contribution in [2.24, 2.45) is 4.99 Å². The molecule has 35 heavy (non-hydrogen) atoms. The summed E-state index contributed by atoms with van der Waals surface area (Å²) in [5, 5.41) is 0. The van der Waals surface area contributed by atoms with Crippen molar-refractivity contribution in [1.82, 2.24) is 4.57 Å². The number of hydrogen-bond donors (Lipinski definition) is 0. The summed E-state index contributed by atoms with van der Waals surface area (Å²) in [7, 11) is 0. The van der Waals surface area contributed by atoms with Gasteiger partial charge in [-0.25, -0.2) is 9.79 Å². The van der Waals surface area contributed by atoms with Crippen molar-refractivity contribution in [3.05, 3.63) is 102 Å². The summed E-state index contributed by atoms with van der Waals surface area (Å²) in [6.07, 6.45) is 1.90. The van der Waals surface area contributed by atoms with E-state index in [-0.39, 0.29) is 12.2 Å². The van der Waals surface area contributed by atoms with E-state index in [9.17, 15) is 9.59 Å². The standard InChI is InChI=1S/C29H32N2O3S/c1-7-34-28(33)25-19(6)30-29-31(26(25)23-14-12-22(13-15-23)18(4)5)27(32)24(35-29)16-20-8-10-21(11-9-20)17(2)3/h8-18,26H,7H2,1-6H3/b24-16-/t26-/m0/s1. The quantitative estimate of drug-likeness (QED) is 0.457. The zero-order valence-electron chi connectivity index (χ0n) is 21.2. The Morgan fingerprint density at radius 3 is 2.14 bits per heavy atom. The summed E-state index contributed by atoms with van der Waals surface area (Å²) < 4.78 is 7.60. The van der Waals surface area contributed by atoms with Crippen LogP contribution in [0.3, 0.4) is 0 Å². The lowest BCUT2D eigenvalue weighted by molar-refractivity contribution is -0.139. The Morgan fingerprint density at radius 1 is 1.03 bits per heavy atom. The van der Waals surface area contributed by atoms with Crippen LogP contribution in [0.4, 0.5) is 0 Å². The summed E-state index contributed by atoms with van der Waals surface area (Å²) in [5.41, 5.74) is 5.10. The number of ether oxygens (including phenoxy) is 1. The highest BCUT2D eigenvalue weighted by Crippen LogP contribution is 2.31. The Hall–Kier alpha value is -3.25. The van der Waals surface area contributed by atoms with Crippen LogP contribution in [0.5, 0.6) is 0 Å². The largest absolute Gasteiger partial charge is 0.463 e. The van der Waals surface area contributed by atoms with Crippen LogP contribution in [0.25, 0.3) is 6.08 Å². The Morgan fingerprint density at radius 2 is 1.60 bits per heavy atom. The van der Waals surface area contributed by atoms with Crippen LogP contribution in [-0.4, -0.2) is 17.1 Å². The molecule has 2 heterocycles. The first-order chi connectivity index (χ1) is 16.7. The van der Waals surface area contributed by atoms with Crippen LogP contribution in [-0.2, 0) is 9.53 Å². The molecule has 1 aliphatic rings. The first-order valence-corrected chi connectivity index (χ1v) is 12.9. The van der Waals surface area contributed by atoms with Gasteiger partial charge in [-0.1, -0.05) is 87.6 Å². The maximum absolute atomic E-state index is 13.7. The van der Waals surface area contributed by atoms with Crippen molar-refractivity contribution in [2.75, 3.05) is 6.61 Å². The molecule has 1 atom stereocenters. The van der Waals surface area contributed by atoms with E-state index in [2.05, 4.69) is 57.0 Å². The fourth-order valence-electron chi connectivity index (χ4n) is 4.30. The average Bonchev–Trinajstić information content (AvgIpc) is 3.13. The maximum atomic E-state index is 13.7. The minimum atomic E-state index is -0.586. The number of fused-ring (bicyclic) bond motifs is 1. The second-order valence-electron chi connectivity index (χ2n) is 9.45. The van der Waals surface area contributed by atoms with Gasteiger partial charge < -0.3 is 4.74 Å². The second-order valence-corrected chi connectivity index (χ2v) is 10.5. The molecular formula is C29H32N2O3S. The lowest BCUT2D eigenvalue weighted by Crippen LogP contribution is -2.39. The average molecular weight is 489 g/mol. The number of benzene rings is 2. The first kappa shape index (κ1) is 24.9. The summed E-state index contributed by atoms with van der Waals surface area (Å²) in [6, 6.07) is 15.8.